The number of nitrogens with zero attached hydrogens (tertiary/aromatic N) is 4. The minimum absolute atomic E-state index is 0.0123. The molecule has 0 aliphatic heterocycles. The molecule has 1 N–H and O–H groups in total. The summed E-state index contributed by atoms with van der Waals surface area (Å²) in [5.74, 6) is 0. The zero-order chi connectivity index (χ0) is 18.1. The summed E-state index contributed by atoms with van der Waals surface area (Å²) in [7, 11) is -3.86. The Hall–Kier alpha value is -2.91. The molecule has 4 rings (SSSR count). The summed E-state index contributed by atoms with van der Waals surface area (Å²) in [6, 6.07) is 12.0. The van der Waals surface area contributed by atoms with Crippen LogP contribution in [-0.2, 0) is 16.6 Å². The Kier molecular flexibility index (Phi) is 4.09. The molecule has 4 aromatic rings. The Morgan fingerprint density at radius 3 is 2.73 bits per heavy atom. The van der Waals surface area contributed by atoms with Gasteiger partial charge in [0.15, 0.2) is 5.52 Å². The van der Waals surface area contributed by atoms with Crippen molar-refractivity contribution < 1.29 is 13.0 Å². The van der Waals surface area contributed by atoms with Crippen LogP contribution >= 0.6 is 11.6 Å². The summed E-state index contributed by atoms with van der Waals surface area (Å²) in [5, 5.41) is 12.1. The number of aromatic nitrogens is 4. The third-order valence-electron chi connectivity index (χ3n) is 3.68. The molecule has 8 nitrogen and oxygen atoms in total. The van der Waals surface area contributed by atoms with Crippen molar-refractivity contribution in [3.63, 3.8) is 0 Å². The van der Waals surface area contributed by atoms with Gasteiger partial charge in [-0.15, -0.1) is 0 Å². The monoisotopic (exact) mass is 389 g/mol. The normalized spacial score (nSPS) is 11.7. The van der Waals surface area contributed by atoms with E-state index in [-0.39, 0.29) is 10.4 Å². The minimum atomic E-state index is -3.86. The first-order chi connectivity index (χ1) is 12.5. The van der Waals surface area contributed by atoms with Gasteiger partial charge in [-0.3, -0.25) is 9.40 Å². The van der Waals surface area contributed by atoms with Crippen molar-refractivity contribution in [3.05, 3.63) is 65.4 Å². The zero-order valence-electron chi connectivity index (χ0n) is 13.2. The summed E-state index contributed by atoms with van der Waals surface area (Å²) < 4.78 is 34.0. The molecule has 0 radical (unpaired) electrons. The van der Waals surface area contributed by atoms with Gasteiger partial charge in [0.25, 0.3) is 10.0 Å². The van der Waals surface area contributed by atoms with Gasteiger partial charge in [-0.2, -0.15) is 5.10 Å². The Balaban J connectivity index is 1.56. The highest BCUT2D eigenvalue weighted by molar-refractivity contribution is 7.93. The molecular weight excluding hydrogens is 378 g/mol. The lowest BCUT2D eigenvalue weighted by Gasteiger charge is -2.05. The average Bonchev–Trinajstić information content (AvgIpc) is 3.25. The quantitative estimate of drug-likeness (QED) is 0.563. The van der Waals surface area contributed by atoms with E-state index in [1.807, 2.05) is 12.1 Å². The molecular formula is C16H12ClN5O3S. The van der Waals surface area contributed by atoms with Gasteiger partial charge in [-0.05, 0) is 40.1 Å². The summed E-state index contributed by atoms with van der Waals surface area (Å²) in [4.78, 5) is -0.0123. The van der Waals surface area contributed by atoms with Gasteiger partial charge in [0.2, 0.25) is 0 Å². The van der Waals surface area contributed by atoms with Crippen molar-refractivity contribution in [2.45, 2.75) is 11.4 Å². The van der Waals surface area contributed by atoms with E-state index in [1.54, 1.807) is 35.1 Å². The fraction of sp³-hybridized carbons (Fsp3) is 0.0625. The fourth-order valence-electron chi connectivity index (χ4n) is 2.49. The highest BCUT2D eigenvalue weighted by Gasteiger charge is 2.21. The maximum atomic E-state index is 12.6. The van der Waals surface area contributed by atoms with Gasteiger partial charge < -0.3 is 0 Å². The second-order valence-corrected chi connectivity index (χ2v) is 7.63. The number of benzene rings is 2. The second kappa shape index (κ2) is 6.43. The third-order valence-corrected chi connectivity index (χ3v) is 5.35. The van der Waals surface area contributed by atoms with E-state index in [2.05, 4.69) is 24.8 Å². The molecule has 0 aliphatic carbocycles. The number of halogens is 1. The summed E-state index contributed by atoms with van der Waals surface area (Å²) >= 11 is 5.87. The fourth-order valence-corrected chi connectivity index (χ4v) is 3.79. The van der Waals surface area contributed by atoms with Gasteiger partial charge in [-0.1, -0.05) is 29.8 Å². The van der Waals surface area contributed by atoms with Gasteiger partial charge in [-0.25, -0.2) is 13.0 Å². The first kappa shape index (κ1) is 16.6. The van der Waals surface area contributed by atoms with Crippen LogP contribution in [0.4, 0.5) is 5.69 Å². The van der Waals surface area contributed by atoms with Gasteiger partial charge in [0.05, 0.1) is 18.4 Å². The number of nitrogens with one attached hydrogen (secondary N) is 1. The lowest BCUT2D eigenvalue weighted by atomic mass is 10.2. The minimum Gasteiger partial charge on any atom is -0.276 e. The van der Waals surface area contributed by atoms with Crippen molar-refractivity contribution in [1.82, 2.24) is 20.1 Å². The van der Waals surface area contributed by atoms with Crippen molar-refractivity contribution >= 4 is 38.3 Å². The largest absolute Gasteiger partial charge is 0.276 e. The molecule has 0 fully saturated rings. The van der Waals surface area contributed by atoms with Crippen LogP contribution in [0.25, 0.3) is 11.0 Å². The molecule has 0 amide bonds. The molecule has 0 saturated heterocycles. The van der Waals surface area contributed by atoms with Crippen LogP contribution in [-0.4, -0.2) is 28.5 Å². The molecule has 0 bridgehead atoms. The van der Waals surface area contributed by atoms with Crippen LogP contribution in [0.1, 0.15) is 5.56 Å². The van der Waals surface area contributed by atoms with Crippen molar-refractivity contribution in [2.75, 3.05) is 4.72 Å². The van der Waals surface area contributed by atoms with Crippen molar-refractivity contribution in [2.24, 2.45) is 0 Å². The lowest BCUT2D eigenvalue weighted by Crippen LogP contribution is -2.13. The van der Waals surface area contributed by atoms with Crippen molar-refractivity contribution in [3.8, 4) is 0 Å². The number of sulfonamides is 1. The smallest absolute Gasteiger partial charge is 0.264 e. The van der Waals surface area contributed by atoms with Crippen LogP contribution in [0.3, 0.4) is 0 Å². The van der Waals surface area contributed by atoms with E-state index in [1.165, 1.54) is 12.3 Å². The SMILES string of the molecule is O=S(=O)(Nc1cnn(Cc2ccc(Cl)cc2)c1)c1cccc2nonc12. The molecule has 0 saturated carbocycles. The molecule has 26 heavy (non-hydrogen) atoms. The molecule has 0 spiro atoms. The highest BCUT2D eigenvalue weighted by atomic mass is 35.5. The zero-order valence-corrected chi connectivity index (χ0v) is 14.8. The van der Waals surface area contributed by atoms with Crippen LogP contribution in [0, 0.1) is 0 Å². The van der Waals surface area contributed by atoms with E-state index in [4.69, 9.17) is 11.6 Å². The standard InChI is InChI=1S/C16H12ClN5O3S/c17-12-6-4-11(5-7-12)9-22-10-13(8-18-22)21-26(23,24)15-3-1-2-14-16(15)20-25-19-14/h1-8,10,21H,9H2. The van der Waals surface area contributed by atoms with Crippen LogP contribution in [0.5, 0.6) is 0 Å². The summed E-state index contributed by atoms with van der Waals surface area (Å²) in [6.07, 6.45) is 3.04. The maximum absolute atomic E-state index is 12.6. The first-order valence-electron chi connectivity index (χ1n) is 7.52. The number of rotatable bonds is 5. The summed E-state index contributed by atoms with van der Waals surface area (Å²) in [5.41, 5.74) is 1.87. The third kappa shape index (κ3) is 3.26. The van der Waals surface area contributed by atoms with E-state index in [0.717, 1.165) is 5.56 Å². The number of fused-ring (bicyclic) bond motifs is 1. The van der Waals surface area contributed by atoms with E-state index >= 15 is 0 Å². The molecule has 2 aromatic carbocycles. The van der Waals surface area contributed by atoms with E-state index in [9.17, 15) is 8.42 Å². The molecule has 2 aromatic heterocycles. The molecule has 132 valence electrons. The van der Waals surface area contributed by atoms with E-state index in [0.29, 0.717) is 22.8 Å². The van der Waals surface area contributed by atoms with Gasteiger partial charge >= 0.3 is 0 Å². The first-order valence-corrected chi connectivity index (χ1v) is 9.38. The average molecular weight is 390 g/mol. The Bertz CT molecular complexity index is 1170. The Morgan fingerprint density at radius 1 is 1.12 bits per heavy atom. The Labute approximate surface area is 153 Å². The van der Waals surface area contributed by atoms with Crippen molar-refractivity contribution in [1.29, 1.82) is 0 Å². The van der Waals surface area contributed by atoms with Crippen LogP contribution < -0.4 is 4.72 Å². The predicted octanol–water partition coefficient (Wildman–Crippen LogP) is 2.92. The van der Waals surface area contributed by atoms with Gasteiger partial charge in [0, 0.05) is 11.2 Å². The Morgan fingerprint density at radius 2 is 1.92 bits per heavy atom. The summed E-state index contributed by atoms with van der Waals surface area (Å²) in [6.45, 7) is 0.488. The molecule has 0 atom stereocenters. The van der Waals surface area contributed by atoms with Crippen LogP contribution in [0.15, 0.2) is 64.4 Å². The number of hydrogen-bond donors (Lipinski definition) is 1. The maximum Gasteiger partial charge on any atom is 0.264 e. The molecule has 0 unspecified atom stereocenters. The van der Waals surface area contributed by atoms with E-state index < -0.39 is 10.0 Å². The lowest BCUT2D eigenvalue weighted by molar-refractivity contribution is 0.315. The predicted molar refractivity (Wildman–Crippen MR) is 95.4 cm³/mol. The number of hydrogen-bond acceptors (Lipinski definition) is 6. The molecule has 2 heterocycles. The topological polar surface area (TPSA) is 103 Å². The molecule has 10 heteroatoms. The second-order valence-electron chi connectivity index (χ2n) is 5.55. The number of anilines is 1. The van der Waals surface area contributed by atoms with Crippen LogP contribution in [0.2, 0.25) is 5.02 Å². The van der Waals surface area contributed by atoms with Gasteiger partial charge in [0.1, 0.15) is 10.4 Å². The molecule has 0 aliphatic rings. The highest BCUT2D eigenvalue weighted by Crippen LogP contribution is 2.22.